The first kappa shape index (κ1) is 19.6. The third-order valence-electron chi connectivity index (χ3n) is 4.39. The lowest BCUT2D eigenvalue weighted by atomic mass is 10.1. The van der Waals surface area contributed by atoms with Crippen molar-refractivity contribution in [2.45, 2.75) is 20.0 Å². The number of nitrogens with zero attached hydrogens (tertiary/aromatic N) is 3. The maximum Gasteiger partial charge on any atom is 0.291 e. The lowest BCUT2D eigenvalue weighted by Crippen LogP contribution is -2.22. The zero-order valence-electron chi connectivity index (χ0n) is 16.2. The molecule has 0 saturated heterocycles. The third kappa shape index (κ3) is 4.64. The van der Waals surface area contributed by atoms with Crippen LogP contribution in [0.1, 0.15) is 36.9 Å². The van der Waals surface area contributed by atoms with Gasteiger partial charge in [-0.2, -0.15) is 5.10 Å². The number of carbonyl (C=O) groups excluding carboxylic acids is 2. The molecule has 0 atom stereocenters. The van der Waals surface area contributed by atoms with Crippen molar-refractivity contribution < 1.29 is 14.0 Å². The van der Waals surface area contributed by atoms with Crippen LogP contribution in [0.15, 0.2) is 65.8 Å². The normalized spacial score (nSPS) is 10.7. The predicted molar refractivity (Wildman–Crippen MR) is 112 cm³/mol. The average molecular weight is 421 g/mol. The van der Waals surface area contributed by atoms with E-state index in [1.807, 2.05) is 31.2 Å². The molecular formula is C21H19N5O3S. The van der Waals surface area contributed by atoms with Gasteiger partial charge in [-0.1, -0.05) is 24.3 Å². The highest BCUT2D eigenvalue weighted by Gasteiger charge is 2.16. The fourth-order valence-electron chi connectivity index (χ4n) is 2.88. The summed E-state index contributed by atoms with van der Waals surface area (Å²) in [6.45, 7) is 2.90. The van der Waals surface area contributed by atoms with E-state index in [4.69, 9.17) is 4.42 Å². The van der Waals surface area contributed by atoms with E-state index in [0.29, 0.717) is 23.0 Å². The molecule has 0 saturated carbocycles. The van der Waals surface area contributed by atoms with E-state index in [9.17, 15) is 9.59 Å². The Balaban J connectivity index is 1.33. The molecule has 0 radical (unpaired) electrons. The van der Waals surface area contributed by atoms with Crippen molar-refractivity contribution in [1.29, 1.82) is 0 Å². The van der Waals surface area contributed by atoms with Gasteiger partial charge in [0.1, 0.15) is 12.7 Å². The number of hydrogen-bond donors (Lipinski definition) is 2. The molecule has 0 fully saturated rings. The highest BCUT2D eigenvalue weighted by Crippen LogP contribution is 2.27. The number of rotatable bonds is 7. The number of amides is 2. The molecule has 0 unspecified atom stereocenters. The largest absolute Gasteiger partial charge is 0.459 e. The van der Waals surface area contributed by atoms with Crippen molar-refractivity contribution in [3.63, 3.8) is 0 Å². The quantitative estimate of drug-likeness (QED) is 0.476. The van der Waals surface area contributed by atoms with Gasteiger partial charge in [0, 0.05) is 6.54 Å². The summed E-state index contributed by atoms with van der Waals surface area (Å²) < 4.78 is 6.83. The highest BCUT2D eigenvalue weighted by atomic mass is 32.1. The van der Waals surface area contributed by atoms with E-state index in [2.05, 4.69) is 20.7 Å². The molecule has 152 valence electrons. The molecule has 2 N–H and O–H groups in total. The standard InChI is InChI=1S/C21H19N5O3S/c1-14-9-18(25-20(27)17-3-2-8-29-17)30-19(14)21(28)23-10-15-4-6-16(7-5-15)11-26-13-22-12-24-26/h2-9,12-13H,10-11H2,1H3,(H,23,28)(H,25,27). The van der Waals surface area contributed by atoms with Crippen molar-refractivity contribution in [1.82, 2.24) is 20.1 Å². The summed E-state index contributed by atoms with van der Waals surface area (Å²) in [4.78, 5) is 29.2. The van der Waals surface area contributed by atoms with Gasteiger partial charge in [-0.3, -0.25) is 9.59 Å². The van der Waals surface area contributed by atoms with Crippen LogP contribution in [-0.4, -0.2) is 26.6 Å². The van der Waals surface area contributed by atoms with Crippen LogP contribution in [0.3, 0.4) is 0 Å². The van der Waals surface area contributed by atoms with Gasteiger partial charge in [-0.15, -0.1) is 11.3 Å². The summed E-state index contributed by atoms with van der Waals surface area (Å²) in [6.07, 6.45) is 4.61. The van der Waals surface area contributed by atoms with Crippen molar-refractivity contribution in [3.8, 4) is 0 Å². The molecule has 3 aromatic heterocycles. The zero-order chi connectivity index (χ0) is 20.9. The Bertz CT molecular complexity index is 1130. The van der Waals surface area contributed by atoms with Crippen molar-refractivity contribution in [3.05, 3.63) is 88.7 Å². The highest BCUT2D eigenvalue weighted by molar-refractivity contribution is 7.18. The van der Waals surface area contributed by atoms with E-state index >= 15 is 0 Å². The summed E-state index contributed by atoms with van der Waals surface area (Å²) in [5, 5.41) is 10.4. The van der Waals surface area contributed by atoms with Gasteiger partial charge in [-0.05, 0) is 41.8 Å². The molecule has 9 heteroatoms. The molecule has 0 aliphatic rings. The second-order valence-corrected chi connectivity index (χ2v) is 7.70. The SMILES string of the molecule is Cc1cc(NC(=O)c2ccco2)sc1C(=O)NCc1ccc(Cn2cncn2)cc1. The number of nitrogens with one attached hydrogen (secondary N) is 2. The van der Waals surface area contributed by atoms with Gasteiger partial charge in [0.2, 0.25) is 0 Å². The number of anilines is 1. The summed E-state index contributed by atoms with van der Waals surface area (Å²) in [5.74, 6) is -0.304. The van der Waals surface area contributed by atoms with E-state index in [0.717, 1.165) is 16.7 Å². The van der Waals surface area contributed by atoms with Gasteiger partial charge < -0.3 is 15.1 Å². The maximum absolute atomic E-state index is 12.6. The van der Waals surface area contributed by atoms with Crippen LogP contribution in [-0.2, 0) is 13.1 Å². The van der Waals surface area contributed by atoms with E-state index in [1.54, 1.807) is 29.2 Å². The lowest BCUT2D eigenvalue weighted by Gasteiger charge is -2.06. The number of aromatic nitrogens is 3. The number of aryl methyl sites for hydroxylation is 1. The molecule has 4 rings (SSSR count). The maximum atomic E-state index is 12.6. The average Bonchev–Trinajstić information content (AvgIpc) is 3.50. The van der Waals surface area contributed by atoms with Crippen LogP contribution in [0.25, 0.3) is 0 Å². The Labute approximate surface area is 176 Å². The molecular weight excluding hydrogens is 402 g/mol. The van der Waals surface area contributed by atoms with E-state index in [1.165, 1.54) is 23.9 Å². The zero-order valence-corrected chi connectivity index (χ0v) is 17.0. The summed E-state index contributed by atoms with van der Waals surface area (Å²) >= 11 is 1.23. The first-order valence-corrected chi connectivity index (χ1v) is 10.0. The van der Waals surface area contributed by atoms with Gasteiger partial charge in [0.05, 0.1) is 22.7 Å². The van der Waals surface area contributed by atoms with Crippen LogP contribution in [0, 0.1) is 6.92 Å². The second kappa shape index (κ2) is 8.75. The second-order valence-electron chi connectivity index (χ2n) is 6.65. The topological polar surface area (TPSA) is 102 Å². The molecule has 3 heterocycles. The Morgan fingerprint density at radius 1 is 1.13 bits per heavy atom. The lowest BCUT2D eigenvalue weighted by molar-refractivity contribution is 0.0953. The van der Waals surface area contributed by atoms with Crippen molar-refractivity contribution in [2.75, 3.05) is 5.32 Å². The number of hydrogen-bond acceptors (Lipinski definition) is 6. The fraction of sp³-hybridized carbons (Fsp3) is 0.143. The molecule has 1 aromatic carbocycles. The summed E-state index contributed by atoms with van der Waals surface area (Å²) in [6, 6.07) is 13.0. The third-order valence-corrected chi connectivity index (χ3v) is 5.54. The smallest absolute Gasteiger partial charge is 0.291 e. The van der Waals surface area contributed by atoms with Crippen molar-refractivity contribution in [2.24, 2.45) is 0 Å². The molecule has 0 bridgehead atoms. The van der Waals surface area contributed by atoms with Gasteiger partial charge in [0.15, 0.2) is 5.76 Å². The van der Waals surface area contributed by atoms with Crippen molar-refractivity contribution >= 4 is 28.2 Å². The van der Waals surface area contributed by atoms with Gasteiger partial charge >= 0.3 is 0 Å². The molecule has 0 aliphatic heterocycles. The first-order chi connectivity index (χ1) is 14.6. The Hall–Kier alpha value is -3.72. The van der Waals surface area contributed by atoms with Gasteiger partial charge in [0.25, 0.3) is 11.8 Å². The first-order valence-electron chi connectivity index (χ1n) is 9.22. The summed E-state index contributed by atoms with van der Waals surface area (Å²) in [7, 11) is 0. The Morgan fingerprint density at radius 2 is 1.93 bits per heavy atom. The molecule has 4 aromatic rings. The molecule has 0 aliphatic carbocycles. The molecule has 30 heavy (non-hydrogen) atoms. The summed E-state index contributed by atoms with van der Waals surface area (Å²) in [5.41, 5.74) is 2.89. The van der Waals surface area contributed by atoms with Gasteiger partial charge in [-0.25, -0.2) is 9.67 Å². The molecule has 2 amide bonds. The van der Waals surface area contributed by atoms with E-state index < -0.39 is 0 Å². The van der Waals surface area contributed by atoms with Crippen LogP contribution in [0.4, 0.5) is 5.00 Å². The van der Waals surface area contributed by atoms with E-state index in [-0.39, 0.29) is 17.6 Å². The monoisotopic (exact) mass is 421 g/mol. The minimum atomic E-state index is -0.348. The number of furan rings is 1. The Kier molecular flexibility index (Phi) is 5.71. The molecule has 8 nitrogen and oxygen atoms in total. The fourth-order valence-corrected chi connectivity index (χ4v) is 3.86. The number of thiophene rings is 1. The Morgan fingerprint density at radius 3 is 2.63 bits per heavy atom. The minimum Gasteiger partial charge on any atom is -0.459 e. The number of carbonyl (C=O) groups is 2. The predicted octanol–water partition coefficient (Wildman–Crippen LogP) is 3.47. The van der Waals surface area contributed by atoms with Crippen LogP contribution in [0.5, 0.6) is 0 Å². The number of benzene rings is 1. The minimum absolute atomic E-state index is 0.178. The molecule has 0 spiro atoms. The van der Waals surface area contributed by atoms with Crippen LogP contribution < -0.4 is 10.6 Å². The van der Waals surface area contributed by atoms with Crippen LogP contribution >= 0.6 is 11.3 Å². The van der Waals surface area contributed by atoms with Crippen LogP contribution in [0.2, 0.25) is 0 Å².